The van der Waals surface area contributed by atoms with Gasteiger partial charge in [-0.25, -0.2) is 4.68 Å². The molecule has 5 rings (SSSR count). The van der Waals surface area contributed by atoms with Gasteiger partial charge in [-0.2, -0.15) is 4.98 Å². The number of rotatable bonds is 6. The maximum Gasteiger partial charge on any atom is 0.255 e. The molecule has 2 aromatic carbocycles. The van der Waals surface area contributed by atoms with Gasteiger partial charge >= 0.3 is 0 Å². The molecule has 0 spiro atoms. The minimum atomic E-state index is -0.376. The van der Waals surface area contributed by atoms with Crippen LogP contribution < -0.4 is 10.6 Å². The molecular weight excluding hydrogens is 498 g/mol. The van der Waals surface area contributed by atoms with E-state index < -0.39 is 0 Å². The van der Waals surface area contributed by atoms with Gasteiger partial charge in [0.05, 0.1) is 5.57 Å². The predicted octanol–water partition coefficient (Wildman–Crippen LogP) is 6.83. The van der Waals surface area contributed by atoms with Gasteiger partial charge in [0.1, 0.15) is 6.04 Å². The molecule has 6 nitrogen and oxygen atoms in total. The summed E-state index contributed by atoms with van der Waals surface area (Å²) in [7, 11) is 0. The number of nitrogens with one attached hydrogen (secondary N) is 2. The topological polar surface area (TPSA) is 71.8 Å². The van der Waals surface area contributed by atoms with Crippen molar-refractivity contribution < 1.29 is 4.79 Å². The number of thiophene rings is 1. The molecule has 0 saturated heterocycles. The molecule has 1 amide bonds. The molecule has 1 atom stereocenters. The molecule has 178 valence electrons. The molecule has 0 aliphatic carbocycles. The number of amides is 1. The summed E-state index contributed by atoms with van der Waals surface area (Å²) < 4.78 is 1.81. The number of hydrogen-bond donors (Lipinski definition) is 2. The third-order valence-corrected chi connectivity index (χ3v) is 8.24. The molecule has 0 bridgehead atoms. The first-order valence-corrected chi connectivity index (χ1v) is 13.4. The van der Waals surface area contributed by atoms with Gasteiger partial charge < -0.3 is 10.6 Å². The van der Waals surface area contributed by atoms with Crippen LogP contribution in [0.3, 0.4) is 0 Å². The number of aryl methyl sites for hydroxylation is 1. The van der Waals surface area contributed by atoms with E-state index in [2.05, 4.69) is 10.6 Å². The van der Waals surface area contributed by atoms with E-state index in [1.165, 1.54) is 11.8 Å². The van der Waals surface area contributed by atoms with Gasteiger partial charge in [0.2, 0.25) is 11.1 Å². The number of carbonyl (C=O) groups excluding carboxylic acids is 1. The summed E-state index contributed by atoms with van der Waals surface area (Å²) in [6.07, 6.45) is 0. The number of anilines is 2. The Hall–Kier alpha value is -3.07. The van der Waals surface area contributed by atoms with Crippen LogP contribution in [-0.4, -0.2) is 20.7 Å². The van der Waals surface area contributed by atoms with Crippen LogP contribution in [0.2, 0.25) is 5.02 Å². The van der Waals surface area contributed by atoms with Crippen LogP contribution in [-0.2, 0) is 10.5 Å². The molecule has 0 radical (unpaired) electrons. The molecule has 3 heterocycles. The first kappa shape index (κ1) is 23.7. The summed E-state index contributed by atoms with van der Waals surface area (Å²) >= 11 is 9.43. The maximum atomic E-state index is 13.6. The van der Waals surface area contributed by atoms with E-state index in [0.29, 0.717) is 22.4 Å². The zero-order valence-corrected chi connectivity index (χ0v) is 21.9. The van der Waals surface area contributed by atoms with Gasteiger partial charge in [0.15, 0.2) is 0 Å². The van der Waals surface area contributed by atoms with E-state index in [0.717, 1.165) is 38.0 Å². The van der Waals surface area contributed by atoms with Gasteiger partial charge in [-0.05, 0) is 61.0 Å². The van der Waals surface area contributed by atoms with Gasteiger partial charge in [0.25, 0.3) is 5.91 Å². The van der Waals surface area contributed by atoms with Crippen molar-refractivity contribution in [2.24, 2.45) is 0 Å². The molecule has 0 saturated carbocycles. The van der Waals surface area contributed by atoms with E-state index in [1.54, 1.807) is 11.3 Å². The van der Waals surface area contributed by atoms with E-state index in [4.69, 9.17) is 21.7 Å². The number of aromatic nitrogens is 3. The van der Waals surface area contributed by atoms with Crippen molar-refractivity contribution in [2.45, 2.75) is 37.7 Å². The monoisotopic (exact) mass is 521 g/mol. The molecule has 0 fully saturated rings. The molecule has 9 heteroatoms. The standard InChI is InChI=1S/C26H24ClN5OS2/c1-15-8-6-11-20(16(15)2)29-24(33)22-17(3)28-25-30-26(35-14-18-9-4-5-10-19(18)27)31-32(25)23(22)21-12-7-13-34-21/h4-13,23H,14H2,1-3H3,(H,29,33)(H,28,30,31). The summed E-state index contributed by atoms with van der Waals surface area (Å²) in [6.45, 7) is 5.96. The average Bonchev–Trinajstić information content (AvgIpc) is 3.50. The number of benzene rings is 2. The molecule has 35 heavy (non-hydrogen) atoms. The van der Waals surface area contributed by atoms with Gasteiger partial charge in [-0.3, -0.25) is 4.79 Å². The SMILES string of the molecule is CC1=C(C(=O)Nc2cccc(C)c2C)C(c2cccs2)n2nc(SCc3ccccc3Cl)nc2N1. The van der Waals surface area contributed by atoms with Crippen molar-refractivity contribution in [3.63, 3.8) is 0 Å². The molecule has 1 aliphatic rings. The van der Waals surface area contributed by atoms with Crippen LogP contribution in [0.5, 0.6) is 0 Å². The highest BCUT2D eigenvalue weighted by Crippen LogP contribution is 2.39. The Bertz CT molecular complexity index is 1430. The third-order valence-electron chi connectivity index (χ3n) is 6.06. The zero-order valence-electron chi connectivity index (χ0n) is 19.5. The molecule has 2 aromatic heterocycles. The molecule has 1 unspecified atom stereocenters. The van der Waals surface area contributed by atoms with E-state index >= 15 is 0 Å². The van der Waals surface area contributed by atoms with Gasteiger partial charge in [0, 0.05) is 27.0 Å². The Morgan fingerprint density at radius 3 is 2.74 bits per heavy atom. The lowest BCUT2D eigenvalue weighted by atomic mass is 10.00. The summed E-state index contributed by atoms with van der Waals surface area (Å²) in [6, 6.07) is 17.3. The Morgan fingerprint density at radius 2 is 1.97 bits per heavy atom. The number of allylic oxidation sites excluding steroid dienone is 1. The van der Waals surface area contributed by atoms with E-state index in [1.807, 2.05) is 85.4 Å². The molecule has 2 N–H and O–H groups in total. The Labute approximate surface area is 217 Å². The molecule has 4 aromatic rings. The van der Waals surface area contributed by atoms with Crippen LogP contribution in [0, 0.1) is 13.8 Å². The number of thioether (sulfide) groups is 1. The smallest absolute Gasteiger partial charge is 0.255 e. The predicted molar refractivity (Wildman–Crippen MR) is 144 cm³/mol. The van der Waals surface area contributed by atoms with Crippen molar-refractivity contribution in [3.8, 4) is 0 Å². The second-order valence-corrected chi connectivity index (χ2v) is 10.7. The first-order valence-electron chi connectivity index (χ1n) is 11.1. The van der Waals surface area contributed by atoms with Crippen molar-refractivity contribution in [1.82, 2.24) is 14.8 Å². The molecule has 1 aliphatic heterocycles. The highest BCUT2D eigenvalue weighted by molar-refractivity contribution is 7.98. The molecular formula is C26H24ClN5OS2. The third kappa shape index (κ3) is 4.74. The highest BCUT2D eigenvalue weighted by atomic mass is 35.5. The Balaban J connectivity index is 1.47. The summed E-state index contributed by atoms with van der Waals surface area (Å²) in [4.78, 5) is 19.4. The highest BCUT2D eigenvalue weighted by Gasteiger charge is 2.35. The fourth-order valence-electron chi connectivity index (χ4n) is 4.03. The summed E-state index contributed by atoms with van der Waals surface area (Å²) in [5, 5.41) is 14.6. The Kier molecular flexibility index (Phi) is 6.69. The fourth-order valence-corrected chi connectivity index (χ4v) is 5.96. The normalized spacial score (nSPS) is 15.0. The second-order valence-electron chi connectivity index (χ2n) is 8.33. The van der Waals surface area contributed by atoms with Gasteiger partial charge in [-0.1, -0.05) is 59.8 Å². The number of carbonyl (C=O) groups is 1. The van der Waals surface area contributed by atoms with Gasteiger partial charge in [-0.15, -0.1) is 16.4 Å². The quantitative estimate of drug-likeness (QED) is 0.272. The maximum absolute atomic E-state index is 13.6. The minimum Gasteiger partial charge on any atom is -0.328 e. The average molecular weight is 522 g/mol. The summed E-state index contributed by atoms with van der Waals surface area (Å²) in [5.74, 6) is 1.11. The fraction of sp³-hybridized carbons (Fsp3) is 0.192. The lowest BCUT2D eigenvalue weighted by Crippen LogP contribution is -2.31. The van der Waals surface area contributed by atoms with Crippen molar-refractivity contribution in [3.05, 3.63) is 97.8 Å². The Morgan fingerprint density at radius 1 is 1.14 bits per heavy atom. The number of hydrogen-bond acceptors (Lipinski definition) is 6. The van der Waals surface area contributed by atoms with Crippen LogP contribution in [0.15, 0.2) is 76.4 Å². The van der Waals surface area contributed by atoms with E-state index in [-0.39, 0.29) is 11.9 Å². The largest absolute Gasteiger partial charge is 0.328 e. The van der Waals surface area contributed by atoms with Crippen molar-refractivity contribution in [1.29, 1.82) is 0 Å². The number of halogens is 1. The number of fused-ring (bicyclic) bond motifs is 1. The van der Waals surface area contributed by atoms with Crippen molar-refractivity contribution in [2.75, 3.05) is 10.6 Å². The van der Waals surface area contributed by atoms with Crippen molar-refractivity contribution >= 4 is 52.2 Å². The van der Waals surface area contributed by atoms with Crippen LogP contribution in [0.25, 0.3) is 0 Å². The lowest BCUT2D eigenvalue weighted by Gasteiger charge is -2.28. The van der Waals surface area contributed by atoms with E-state index in [9.17, 15) is 4.79 Å². The van der Waals surface area contributed by atoms with Crippen LogP contribution in [0.1, 0.15) is 34.5 Å². The lowest BCUT2D eigenvalue weighted by molar-refractivity contribution is -0.113. The minimum absolute atomic E-state index is 0.159. The zero-order chi connectivity index (χ0) is 24.5. The first-order chi connectivity index (χ1) is 16.9. The van der Waals surface area contributed by atoms with Crippen LogP contribution >= 0.6 is 34.7 Å². The number of nitrogens with zero attached hydrogens (tertiary/aromatic N) is 3. The second kappa shape index (κ2) is 9.89. The summed E-state index contributed by atoms with van der Waals surface area (Å²) in [5.41, 5.74) is 5.39. The van der Waals surface area contributed by atoms with Crippen LogP contribution in [0.4, 0.5) is 11.6 Å².